The van der Waals surface area contributed by atoms with E-state index in [9.17, 15) is 26.4 Å². The molecule has 2 N–H and O–H groups in total. The topological polar surface area (TPSA) is 139 Å². The van der Waals surface area contributed by atoms with E-state index in [1.54, 1.807) is 36.4 Å². The maximum atomic E-state index is 13.7. The molecule has 3 aromatic carbocycles. The number of aryl methyl sites for hydroxylation is 1. The Kier molecular flexibility index (Phi) is 11.9. The van der Waals surface area contributed by atoms with Gasteiger partial charge < -0.3 is 20.3 Å². The van der Waals surface area contributed by atoms with Crippen LogP contribution in [0, 0.1) is 0 Å². The van der Waals surface area contributed by atoms with Gasteiger partial charge in [0.25, 0.3) is 0 Å². The Hall–Kier alpha value is -3.74. The van der Waals surface area contributed by atoms with Crippen molar-refractivity contribution in [3.05, 3.63) is 96.6 Å². The lowest BCUT2D eigenvalue weighted by Gasteiger charge is -2.30. The standard InChI is InChI=1S/C32H39N3O7S2/c36-31(30(34-32(37)35-20-22-42-23-21-35)19-25-44(40,41)29-14-8-3-9-15-29)33-27(17-16-26-10-4-1-5-11-26)18-24-43(38,39)28-12-6-2-7-13-28/h1-15,27,30H,16-25H2,(H,33,36)(H,34,37)/t27-,30-/m0/s1. The Labute approximate surface area is 259 Å². The van der Waals surface area contributed by atoms with Gasteiger partial charge >= 0.3 is 6.03 Å². The second-order valence-electron chi connectivity index (χ2n) is 10.7. The summed E-state index contributed by atoms with van der Waals surface area (Å²) in [5.74, 6) is -1.12. The highest BCUT2D eigenvalue weighted by Gasteiger charge is 2.29. The number of hydrogen-bond acceptors (Lipinski definition) is 7. The monoisotopic (exact) mass is 641 g/mol. The van der Waals surface area contributed by atoms with E-state index in [4.69, 9.17) is 4.74 Å². The molecule has 1 heterocycles. The average molecular weight is 642 g/mol. The van der Waals surface area contributed by atoms with Crippen molar-refractivity contribution in [3.8, 4) is 0 Å². The van der Waals surface area contributed by atoms with Crippen LogP contribution in [0.4, 0.5) is 4.79 Å². The third-order valence-electron chi connectivity index (χ3n) is 7.50. The minimum Gasteiger partial charge on any atom is -0.378 e. The van der Waals surface area contributed by atoms with E-state index >= 15 is 0 Å². The zero-order valence-corrected chi connectivity index (χ0v) is 26.1. The molecule has 0 spiro atoms. The molecule has 4 rings (SSSR count). The van der Waals surface area contributed by atoms with Crippen molar-refractivity contribution < 1.29 is 31.2 Å². The molecule has 12 heteroatoms. The number of carbonyl (C=O) groups excluding carboxylic acids is 2. The smallest absolute Gasteiger partial charge is 0.318 e. The second-order valence-corrected chi connectivity index (χ2v) is 14.9. The van der Waals surface area contributed by atoms with E-state index in [1.807, 2.05) is 30.3 Å². The SMILES string of the molecule is O=C(N[C@@H](CCc1ccccc1)CCS(=O)(=O)c1ccccc1)[C@H](CCS(=O)(=O)c1ccccc1)NC(=O)N1CCOCC1. The number of nitrogens with one attached hydrogen (secondary N) is 2. The number of ether oxygens (including phenoxy) is 1. The summed E-state index contributed by atoms with van der Waals surface area (Å²) in [5, 5.41) is 5.66. The van der Waals surface area contributed by atoms with Gasteiger partial charge in [-0.25, -0.2) is 21.6 Å². The molecule has 0 aliphatic carbocycles. The molecule has 0 aromatic heterocycles. The van der Waals surface area contributed by atoms with Crippen LogP contribution in [0.2, 0.25) is 0 Å². The van der Waals surface area contributed by atoms with Crippen LogP contribution in [0.5, 0.6) is 0 Å². The van der Waals surface area contributed by atoms with Gasteiger partial charge in [-0.2, -0.15) is 0 Å². The molecule has 2 atom stereocenters. The van der Waals surface area contributed by atoms with Crippen molar-refractivity contribution in [1.82, 2.24) is 15.5 Å². The summed E-state index contributed by atoms with van der Waals surface area (Å²) in [6.45, 7) is 1.42. The van der Waals surface area contributed by atoms with Gasteiger partial charge in [0.1, 0.15) is 6.04 Å². The summed E-state index contributed by atoms with van der Waals surface area (Å²) in [6, 6.07) is 23.5. The predicted molar refractivity (Wildman–Crippen MR) is 168 cm³/mol. The number of nitrogens with zero attached hydrogens (tertiary/aromatic N) is 1. The zero-order valence-electron chi connectivity index (χ0n) is 24.5. The third-order valence-corrected chi connectivity index (χ3v) is 11.0. The third kappa shape index (κ3) is 9.90. The lowest BCUT2D eigenvalue weighted by atomic mass is 10.0. The minimum absolute atomic E-state index is 0.130. The van der Waals surface area contributed by atoms with Crippen LogP contribution in [0.25, 0.3) is 0 Å². The first kappa shape index (κ1) is 33.2. The molecule has 1 fully saturated rings. The summed E-state index contributed by atoms with van der Waals surface area (Å²) in [4.78, 5) is 28.6. The van der Waals surface area contributed by atoms with Gasteiger partial charge in [0.2, 0.25) is 5.91 Å². The van der Waals surface area contributed by atoms with Crippen molar-refractivity contribution in [3.63, 3.8) is 0 Å². The first-order valence-electron chi connectivity index (χ1n) is 14.7. The van der Waals surface area contributed by atoms with Gasteiger partial charge in [-0.15, -0.1) is 0 Å². The summed E-state index contributed by atoms with van der Waals surface area (Å²) in [6.07, 6.45) is 1.02. The van der Waals surface area contributed by atoms with E-state index in [-0.39, 0.29) is 34.1 Å². The van der Waals surface area contributed by atoms with E-state index in [0.717, 1.165) is 5.56 Å². The van der Waals surface area contributed by atoms with Gasteiger partial charge in [0, 0.05) is 19.1 Å². The van der Waals surface area contributed by atoms with Gasteiger partial charge in [-0.3, -0.25) is 4.79 Å². The normalized spacial score (nSPS) is 15.2. The summed E-state index contributed by atoms with van der Waals surface area (Å²) < 4.78 is 57.5. The highest BCUT2D eigenvalue weighted by atomic mass is 32.2. The molecule has 0 bridgehead atoms. The quantitative estimate of drug-likeness (QED) is 0.276. The Balaban J connectivity index is 1.50. The molecule has 10 nitrogen and oxygen atoms in total. The molecule has 3 amide bonds. The Morgan fingerprint density at radius 3 is 1.73 bits per heavy atom. The molecular weight excluding hydrogens is 603 g/mol. The molecule has 44 heavy (non-hydrogen) atoms. The van der Waals surface area contributed by atoms with Crippen molar-refractivity contribution >= 4 is 31.6 Å². The Bertz CT molecular complexity index is 1560. The largest absolute Gasteiger partial charge is 0.378 e. The van der Waals surface area contributed by atoms with Crippen LogP contribution in [0.1, 0.15) is 24.8 Å². The van der Waals surface area contributed by atoms with Crippen LogP contribution in [-0.4, -0.2) is 83.6 Å². The summed E-state index contributed by atoms with van der Waals surface area (Å²) in [7, 11) is -7.34. The molecule has 236 valence electrons. The molecule has 0 radical (unpaired) electrons. The number of morpholine rings is 1. The van der Waals surface area contributed by atoms with Crippen LogP contribution < -0.4 is 10.6 Å². The van der Waals surface area contributed by atoms with Crippen molar-refractivity contribution in [2.75, 3.05) is 37.8 Å². The van der Waals surface area contributed by atoms with Gasteiger partial charge in [-0.1, -0.05) is 66.7 Å². The Morgan fingerprint density at radius 2 is 1.18 bits per heavy atom. The first-order valence-corrected chi connectivity index (χ1v) is 18.0. The predicted octanol–water partition coefficient (Wildman–Crippen LogP) is 3.24. The van der Waals surface area contributed by atoms with Gasteiger partial charge in [0.15, 0.2) is 19.7 Å². The van der Waals surface area contributed by atoms with E-state index in [2.05, 4.69) is 10.6 Å². The molecule has 1 aliphatic heterocycles. The first-order chi connectivity index (χ1) is 21.1. The van der Waals surface area contributed by atoms with E-state index < -0.39 is 43.7 Å². The number of carbonyl (C=O) groups is 2. The number of benzene rings is 3. The molecule has 3 aromatic rings. The molecule has 1 saturated heterocycles. The number of hydrogen-bond donors (Lipinski definition) is 2. The van der Waals surface area contributed by atoms with Crippen molar-refractivity contribution in [2.45, 2.75) is 47.6 Å². The molecule has 1 aliphatic rings. The fraction of sp³-hybridized carbons (Fsp3) is 0.375. The molecule has 0 unspecified atom stereocenters. The minimum atomic E-state index is -3.73. The lowest BCUT2D eigenvalue weighted by Crippen LogP contribution is -2.55. The van der Waals surface area contributed by atoms with Crippen molar-refractivity contribution in [2.24, 2.45) is 0 Å². The van der Waals surface area contributed by atoms with Gasteiger partial charge in [-0.05, 0) is 55.5 Å². The molecular formula is C32H39N3O7S2. The summed E-state index contributed by atoms with van der Waals surface area (Å²) >= 11 is 0. The van der Waals surface area contributed by atoms with E-state index in [0.29, 0.717) is 39.1 Å². The highest BCUT2D eigenvalue weighted by Crippen LogP contribution is 2.16. The van der Waals surface area contributed by atoms with Crippen molar-refractivity contribution in [1.29, 1.82) is 0 Å². The number of amides is 3. The fourth-order valence-corrected chi connectivity index (χ4v) is 7.67. The van der Waals surface area contributed by atoms with Crippen LogP contribution in [-0.2, 0) is 35.6 Å². The average Bonchev–Trinajstić information content (AvgIpc) is 3.05. The zero-order chi connectivity index (χ0) is 31.4. The number of sulfone groups is 2. The second kappa shape index (κ2) is 15.8. The lowest BCUT2D eigenvalue weighted by molar-refractivity contribution is -0.123. The maximum absolute atomic E-state index is 13.7. The van der Waals surface area contributed by atoms with Gasteiger partial charge in [0.05, 0.1) is 34.5 Å². The highest BCUT2D eigenvalue weighted by molar-refractivity contribution is 7.91. The number of rotatable bonds is 14. The Morgan fingerprint density at radius 1 is 0.682 bits per heavy atom. The van der Waals surface area contributed by atoms with Crippen LogP contribution in [0.3, 0.4) is 0 Å². The van der Waals surface area contributed by atoms with Crippen LogP contribution >= 0.6 is 0 Å². The fourth-order valence-electron chi connectivity index (χ4n) is 4.91. The van der Waals surface area contributed by atoms with E-state index in [1.165, 1.54) is 29.2 Å². The maximum Gasteiger partial charge on any atom is 0.318 e. The molecule has 0 saturated carbocycles. The van der Waals surface area contributed by atoms with Crippen LogP contribution in [0.15, 0.2) is 101 Å². The summed E-state index contributed by atoms with van der Waals surface area (Å²) in [5.41, 5.74) is 1.03. The number of urea groups is 1.